The summed E-state index contributed by atoms with van der Waals surface area (Å²) in [5.41, 5.74) is 3.95. The van der Waals surface area contributed by atoms with Crippen molar-refractivity contribution in [2.24, 2.45) is 5.92 Å². The number of aryl methyl sites for hydroxylation is 2. The second kappa shape index (κ2) is 7.04. The molecule has 2 atom stereocenters. The van der Waals surface area contributed by atoms with Gasteiger partial charge >= 0.3 is 0 Å². The largest absolute Gasteiger partial charge is 0.381 e. The van der Waals surface area contributed by atoms with Gasteiger partial charge in [-0.05, 0) is 38.4 Å². The molecule has 1 aromatic carbocycles. The summed E-state index contributed by atoms with van der Waals surface area (Å²) in [5.74, 6) is 0.580. The molecule has 1 fully saturated rings. The summed E-state index contributed by atoms with van der Waals surface area (Å²) < 4.78 is 11.2. The highest BCUT2D eigenvalue weighted by Gasteiger charge is 2.17. The van der Waals surface area contributed by atoms with Crippen LogP contribution >= 0.6 is 0 Å². The van der Waals surface area contributed by atoms with Gasteiger partial charge in [0.1, 0.15) is 0 Å². The van der Waals surface area contributed by atoms with E-state index in [0.717, 1.165) is 32.8 Å². The molecule has 2 unspecified atom stereocenters. The van der Waals surface area contributed by atoms with Crippen molar-refractivity contribution in [1.29, 1.82) is 0 Å². The zero-order chi connectivity index (χ0) is 13.7. The quantitative estimate of drug-likeness (QED) is 0.856. The molecule has 19 heavy (non-hydrogen) atoms. The molecule has 0 aromatic heterocycles. The Bertz CT molecular complexity index is 400. The molecule has 0 saturated carbocycles. The van der Waals surface area contributed by atoms with E-state index in [4.69, 9.17) is 9.47 Å². The van der Waals surface area contributed by atoms with Crippen molar-refractivity contribution in [2.45, 2.75) is 26.3 Å². The summed E-state index contributed by atoms with van der Waals surface area (Å²) in [7, 11) is 1.99. The zero-order valence-electron chi connectivity index (χ0n) is 12.2. The molecule has 0 aliphatic carbocycles. The lowest BCUT2D eigenvalue weighted by Crippen LogP contribution is -2.24. The summed E-state index contributed by atoms with van der Waals surface area (Å²) in [6, 6.07) is 6.85. The van der Waals surface area contributed by atoms with Gasteiger partial charge in [0.25, 0.3) is 0 Å². The maximum Gasteiger partial charge on any atom is 0.0661 e. The first-order valence-corrected chi connectivity index (χ1v) is 7.10. The summed E-state index contributed by atoms with van der Waals surface area (Å²) in [6.07, 6.45) is 1.13. The fourth-order valence-electron chi connectivity index (χ4n) is 2.53. The second-order valence-corrected chi connectivity index (χ2v) is 5.47. The topological polar surface area (TPSA) is 30.5 Å². The Morgan fingerprint density at radius 1 is 1.42 bits per heavy atom. The fourth-order valence-corrected chi connectivity index (χ4v) is 2.53. The molecule has 1 aromatic rings. The predicted molar refractivity (Wildman–Crippen MR) is 77.5 cm³/mol. The van der Waals surface area contributed by atoms with Crippen molar-refractivity contribution in [1.82, 2.24) is 5.32 Å². The first-order valence-electron chi connectivity index (χ1n) is 7.10. The summed E-state index contributed by atoms with van der Waals surface area (Å²) in [6.45, 7) is 7.56. The lowest BCUT2D eigenvalue weighted by Gasteiger charge is -2.20. The van der Waals surface area contributed by atoms with Crippen LogP contribution in [0.1, 0.15) is 29.2 Å². The number of likely N-dealkylation sites (N-methyl/N-ethyl adjacent to an activating group) is 1. The molecule has 0 radical (unpaired) electrons. The molecule has 1 N–H and O–H groups in total. The van der Waals surface area contributed by atoms with Crippen molar-refractivity contribution in [3.05, 3.63) is 34.9 Å². The van der Waals surface area contributed by atoms with Crippen LogP contribution in [0.2, 0.25) is 0 Å². The van der Waals surface area contributed by atoms with Gasteiger partial charge in [-0.25, -0.2) is 0 Å². The Labute approximate surface area is 116 Å². The number of nitrogens with one attached hydrogen (secondary N) is 1. The van der Waals surface area contributed by atoms with Crippen LogP contribution in [-0.2, 0) is 9.47 Å². The fraction of sp³-hybridized carbons (Fsp3) is 0.625. The Hall–Kier alpha value is -0.900. The average Bonchev–Trinajstić information content (AvgIpc) is 2.91. The summed E-state index contributed by atoms with van der Waals surface area (Å²) in [5, 5.41) is 3.36. The van der Waals surface area contributed by atoms with Gasteiger partial charge in [-0.3, -0.25) is 0 Å². The minimum atomic E-state index is 0.266. The molecule has 1 heterocycles. The van der Waals surface area contributed by atoms with Crippen molar-refractivity contribution in [3.63, 3.8) is 0 Å². The highest BCUT2D eigenvalue weighted by atomic mass is 16.5. The van der Waals surface area contributed by atoms with E-state index >= 15 is 0 Å². The number of hydrogen-bond acceptors (Lipinski definition) is 3. The number of rotatable bonds is 6. The van der Waals surface area contributed by atoms with E-state index in [1.807, 2.05) is 7.05 Å². The minimum Gasteiger partial charge on any atom is -0.381 e. The van der Waals surface area contributed by atoms with Crippen molar-refractivity contribution in [2.75, 3.05) is 33.5 Å². The number of hydrogen-bond donors (Lipinski definition) is 1. The SMILES string of the molecule is CNC(COCC1CCOC1)c1cc(C)ccc1C. The average molecular weight is 263 g/mol. The zero-order valence-corrected chi connectivity index (χ0v) is 12.2. The van der Waals surface area contributed by atoms with Crippen molar-refractivity contribution in [3.8, 4) is 0 Å². The normalized spacial score (nSPS) is 20.7. The van der Waals surface area contributed by atoms with Gasteiger partial charge in [0, 0.05) is 12.5 Å². The van der Waals surface area contributed by atoms with E-state index in [-0.39, 0.29) is 6.04 Å². The standard InChI is InChI=1S/C16H25NO2/c1-12-4-5-13(2)15(8-12)16(17-3)11-19-10-14-6-7-18-9-14/h4-5,8,14,16-17H,6-7,9-11H2,1-3H3. The molecular formula is C16H25NO2. The highest BCUT2D eigenvalue weighted by molar-refractivity contribution is 5.33. The van der Waals surface area contributed by atoms with E-state index < -0.39 is 0 Å². The lowest BCUT2D eigenvalue weighted by atomic mass is 9.99. The van der Waals surface area contributed by atoms with E-state index in [9.17, 15) is 0 Å². The highest BCUT2D eigenvalue weighted by Crippen LogP contribution is 2.20. The summed E-state index contributed by atoms with van der Waals surface area (Å²) in [4.78, 5) is 0. The molecule has 3 nitrogen and oxygen atoms in total. The van der Waals surface area contributed by atoms with Gasteiger partial charge in [0.15, 0.2) is 0 Å². The third-order valence-electron chi connectivity index (χ3n) is 3.82. The van der Waals surface area contributed by atoms with Gasteiger partial charge in [0.2, 0.25) is 0 Å². The van der Waals surface area contributed by atoms with Crippen LogP contribution in [0.25, 0.3) is 0 Å². The lowest BCUT2D eigenvalue weighted by molar-refractivity contribution is 0.0757. The van der Waals surface area contributed by atoms with Crippen molar-refractivity contribution < 1.29 is 9.47 Å². The molecule has 106 valence electrons. The Balaban J connectivity index is 1.89. The third-order valence-corrected chi connectivity index (χ3v) is 3.82. The summed E-state index contributed by atoms with van der Waals surface area (Å²) >= 11 is 0. The van der Waals surface area contributed by atoms with Crippen LogP contribution in [0.15, 0.2) is 18.2 Å². The predicted octanol–water partition coefficient (Wildman–Crippen LogP) is 2.62. The first-order chi connectivity index (χ1) is 9.20. The maximum absolute atomic E-state index is 5.88. The molecule has 3 heteroatoms. The molecule has 1 saturated heterocycles. The second-order valence-electron chi connectivity index (χ2n) is 5.47. The van der Waals surface area contributed by atoms with E-state index in [1.54, 1.807) is 0 Å². The van der Waals surface area contributed by atoms with Crippen molar-refractivity contribution >= 4 is 0 Å². The molecular weight excluding hydrogens is 238 g/mol. The van der Waals surface area contributed by atoms with E-state index in [1.165, 1.54) is 16.7 Å². The molecule has 0 spiro atoms. The molecule has 0 bridgehead atoms. The van der Waals surface area contributed by atoms with Crippen LogP contribution in [0.4, 0.5) is 0 Å². The smallest absolute Gasteiger partial charge is 0.0661 e. The Morgan fingerprint density at radius 3 is 2.95 bits per heavy atom. The van der Waals surface area contributed by atoms with E-state index in [0.29, 0.717) is 5.92 Å². The van der Waals surface area contributed by atoms with Crippen LogP contribution < -0.4 is 5.32 Å². The minimum absolute atomic E-state index is 0.266. The van der Waals surface area contributed by atoms with Gasteiger partial charge in [-0.1, -0.05) is 23.8 Å². The molecule has 1 aliphatic heterocycles. The monoisotopic (exact) mass is 263 g/mol. The number of benzene rings is 1. The van der Waals surface area contributed by atoms with Gasteiger partial charge in [0.05, 0.1) is 25.9 Å². The van der Waals surface area contributed by atoms with E-state index in [2.05, 4.69) is 37.4 Å². The van der Waals surface area contributed by atoms with Gasteiger partial charge in [-0.15, -0.1) is 0 Å². The first kappa shape index (κ1) is 14.5. The van der Waals surface area contributed by atoms with Crippen LogP contribution in [0.5, 0.6) is 0 Å². The maximum atomic E-state index is 5.88. The van der Waals surface area contributed by atoms with Gasteiger partial charge in [-0.2, -0.15) is 0 Å². The molecule has 2 rings (SSSR count). The number of ether oxygens (including phenoxy) is 2. The van der Waals surface area contributed by atoms with Crippen LogP contribution in [-0.4, -0.2) is 33.5 Å². The Kier molecular flexibility index (Phi) is 5.37. The van der Waals surface area contributed by atoms with Gasteiger partial charge < -0.3 is 14.8 Å². The third kappa shape index (κ3) is 4.03. The Morgan fingerprint density at radius 2 is 2.26 bits per heavy atom. The molecule has 1 aliphatic rings. The van der Waals surface area contributed by atoms with Crippen LogP contribution in [0.3, 0.4) is 0 Å². The molecule has 0 amide bonds. The van der Waals surface area contributed by atoms with Crippen LogP contribution in [0, 0.1) is 19.8 Å².